The molecule has 1 aliphatic rings. The van der Waals surface area contributed by atoms with E-state index in [1.165, 1.54) is 18.5 Å². The molecular formula is C19H12ClF2N5. The lowest BCUT2D eigenvalue weighted by atomic mass is 10.0. The average Bonchev–Trinajstić information content (AvgIpc) is 3.22. The van der Waals surface area contributed by atoms with Crippen LogP contribution in [0.15, 0.2) is 49.1 Å². The van der Waals surface area contributed by atoms with Crippen molar-refractivity contribution in [2.75, 3.05) is 0 Å². The maximum absolute atomic E-state index is 14.0. The van der Waals surface area contributed by atoms with Gasteiger partial charge in [0, 0.05) is 18.1 Å². The van der Waals surface area contributed by atoms with E-state index in [1.54, 1.807) is 11.0 Å². The molecule has 2 aromatic carbocycles. The molecule has 0 saturated carbocycles. The molecule has 5 rings (SSSR count). The molecule has 8 heteroatoms. The monoisotopic (exact) mass is 383 g/mol. The van der Waals surface area contributed by atoms with Crippen molar-refractivity contribution in [1.82, 2.24) is 24.3 Å². The molecule has 0 N–H and O–H groups in total. The molecule has 0 saturated heterocycles. The molecule has 0 amide bonds. The first-order chi connectivity index (χ1) is 13.1. The summed E-state index contributed by atoms with van der Waals surface area (Å²) >= 11 is 6.23. The van der Waals surface area contributed by atoms with Crippen LogP contribution in [-0.4, -0.2) is 24.3 Å². The van der Waals surface area contributed by atoms with Gasteiger partial charge >= 0.3 is 0 Å². The molecule has 134 valence electrons. The Hall–Kier alpha value is -3.06. The van der Waals surface area contributed by atoms with Crippen LogP contribution < -0.4 is 0 Å². The van der Waals surface area contributed by atoms with Crippen molar-refractivity contribution in [3.05, 3.63) is 82.7 Å². The van der Waals surface area contributed by atoms with Crippen molar-refractivity contribution in [3.8, 4) is 17.1 Å². The van der Waals surface area contributed by atoms with Gasteiger partial charge < -0.3 is 0 Å². The van der Waals surface area contributed by atoms with Gasteiger partial charge in [-0.05, 0) is 29.3 Å². The largest absolute Gasteiger partial charge is 0.299 e. The van der Waals surface area contributed by atoms with Crippen LogP contribution in [0.1, 0.15) is 16.8 Å². The van der Waals surface area contributed by atoms with Gasteiger partial charge in [-0.15, -0.1) is 0 Å². The molecule has 1 aliphatic heterocycles. The van der Waals surface area contributed by atoms with Gasteiger partial charge in [0.05, 0.1) is 17.9 Å². The highest BCUT2D eigenvalue weighted by atomic mass is 35.5. The summed E-state index contributed by atoms with van der Waals surface area (Å²) in [7, 11) is 0. The topological polar surface area (TPSA) is 48.5 Å². The molecule has 0 bridgehead atoms. The summed E-state index contributed by atoms with van der Waals surface area (Å²) in [5, 5.41) is 4.70. The van der Waals surface area contributed by atoms with Gasteiger partial charge in [-0.2, -0.15) is 5.10 Å². The fourth-order valence-electron chi connectivity index (χ4n) is 3.40. The van der Waals surface area contributed by atoms with E-state index in [4.69, 9.17) is 11.6 Å². The van der Waals surface area contributed by atoms with Crippen molar-refractivity contribution in [3.63, 3.8) is 0 Å². The quantitative estimate of drug-likeness (QED) is 0.462. The standard InChI is InChI=1S/C19H12ClF2N5/c20-18-17-8-27-19(23-9-25-27)14-6-11(1-4-16(14)26(17)10-24-18)5-12-2-3-13(21)7-15(12)22/h1-4,6-7,9-10H,5,8H2. The van der Waals surface area contributed by atoms with E-state index in [0.717, 1.165) is 28.6 Å². The van der Waals surface area contributed by atoms with Crippen molar-refractivity contribution >= 4 is 11.6 Å². The van der Waals surface area contributed by atoms with Crippen LogP contribution in [0.25, 0.3) is 17.1 Å². The van der Waals surface area contributed by atoms with E-state index in [0.29, 0.717) is 29.5 Å². The van der Waals surface area contributed by atoms with E-state index in [-0.39, 0.29) is 0 Å². The van der Waals surface area contributed by atoms with Crippen molar-refractivity contribution in [2.24, 2.45) is 0 Å². The Morgan fingerprint density at radius 1 is 1.07 bits per heavy atom. The lowest BCUT2D eigenvalue weighted by Gasteiger charge is -2.11. The highest BCUT2D eigenvalue weighted by molar-refractivity contribution is 6.30. The first-order valence-electron chi connectivity index (χ1n) is 8.27. The average molecular weight is 384 g/mol. The highest BCUT2D eigenvalue weighted by Crippen LogP contribution is 2.33. The van der Waals surface area contributed by atoms with Crippen LogP contribution >= 0.6 is 11.6 Å². The van der Waals surface area contributed by atoms with E-state index >= 15 is 0 Å². The van der Waals surface area contributed by atoms with Crippen LogP contribution in [0.2, 0.25) is 5.15 Å². The maximum atomic E-state index is 14.0. The Bertz CT molecular complexity index is 1180. The minimum atomic E-state index is -0.587. The fraction of sp³-hybridized carbons (Fsp3) is 0.105. The molecule has 0 radical (unpaired) electrons. The number of benzene rings is 2. The van der Waals surface area contributed by atoms with Gasteiger partial charge in [-0.3, -0.25) is 4.57 Å². The van der Waals surface area contributed by atoms with Crippen molar-refractivity contribution in [1.29, 1.82) is 0 Å². The molecule has 5 nitrogen and oxygen atoms in total. The van der Waals surface area contributed by atoms with Gasteiger partial charge in [0.25, 0.3) is 0 Å². The molecule has 0 aliphatic carbocycles. The number of fused-ring (bicyclic) bond motifs is 5. The predicted octanol–water partition coefficient (Wildman–Crippen LogP) is 4.01. The molecule has 0 fully saturated rings. The number of aromatic nitrogens is 5. The van der Waals surface area contributed by atoms with E-state index < -0.39 is 11.6 Å². The van der Waals surface area contributed by atoms with E-state index in [9.17, 15) is 8.78 Å². The predicted molar refractivity (Wildman–Crippen MR) is 95.9 cm³/mol. The first kappa shape index (κ1) is 16.1. The SMILES string of the molecule is Fc1ccc(Cc2ccc3c(c2)-c2ncnn2Cc2c(Cl)ncn2-3)c(F)c1. The molecule has 2 aromatic heterocycles. The van der Waals surface area contributed by atoms with Crippen LogP contribution in [0, 0.1) is 11.6 Å². The van der Waals surface area contributed by atoms with Crippen LogP contribution in [0.3, 0.4) is 0 Å². The Morgan fingerprint density at radius 3 is 2.81 bits per heavy atom. The van der Waals surface area contributed by atoms with E-state index in [2.05, 4.69) is 15.1 Å². The molecule has 0 unspecified atom stereocenters. The Kier molecular flexibility index (Phi) is 3.58. The third kappa shape index (κ3) is 2.62. The summed E-state index contributed by atoms with van der Waals surface area (Å²) in [5.41, 5.74) is 3.85. The lowest BCUT2D eigenvalue weighted by molar-refractivity contribution is 0.574. The summed E-state index contributed by atoms with van der Waals surface area (Å²) in [5.74, 6) is -0.446. The minimum absolute atomic E-state index is 0.338. The normalized spacial score (nSPS) is 12.3. The maximum Gasteiger partial charge on any atom is 0.160 e. The second-order valence-electron chi connectivity index (χ2n) is 6.36. The zero-order valence-electron chi connectivity index (χ0n) is 13.9. The lowest BCUT2D eigenvalue weighted by Crippen LogP contribution is -2.04. The molecule has 3 heterocycles. The zero-order valence-corrected chi connectivity index (χ0v) is 14.7. The van der Waals surface area contributed by atoms with Crippen molar-refractivity contribution < 1.29 is 8.78 Å². The molecule has 0 atom stereocenters. The fourth-order valence-corrected chi connectivity index (χ4v) is 3.59. The number of halogens is 3. The Balaban J connectivity index is 1.64. The Labute approximate surface area is 157 Å². The van der Waals surface area contributed by atoms with E-state index in [1.807, 2.05) is 22.8 Å². The number of hydrogen-bond donors (Lipinski definition) is 0. The Morgan fingerprint density at radius 2 is 1.96 bits per heavy atom. The summed E-state index contributed by atoms with van der Waals surface area (Å²) in [6.45, 7) is 0.449. The van der Waals surface area contributed by atoms with Crippen LogP contribution in [0.4, 0.5) is 8.78 Å². The highest BCUT2D eigenvalue weighted by Gasteiger charge is 2.23. The van der Waals surface area contributed by atoms with Gasteiger partial charge in [-0.1, -0.05) is 23.7 Å². The third-order valence-electron chi connectivity index (χ3n) is 4.70. The number of rotatable bonds is 2. The van der Waals surface area contributed by atoms with Gasteiger partial charge in [0.2, 0.25) is 0 Å². The van der Waals surface area contributed by atoms with Gasteiger partial charge in [-0.25, -0.2) is 23.4 Å². The molecule has 27 heavy (non-hydrogen) atoms. The van der Waals surface area contributed by atoms with Gasteiger partial charge in [0.1, 0.15) is 24.3 Å². The summed E-state index contributed by atoms with van der Waals surface area (Å²) in [6.07, 6.45) is 3.50. The molecule has 0 spiro atoms. The summed E-state index contributed by atoms with van der Waals surface area (Å²) < 4.78 is 30.9. The summed E-state index contributed by atoms with van der Waals surface area (Å²) in [4.78, 5) is 8.57. The number of hydrogen-bond acceptors (Lipinski definition) is 3. The summed E-state index contributed by atoms with van der Waals surface area (Å²) in [6, 6.07) is 9.41. The van der Waals surface area contributed by atoms with Crippen LogP contribution in [0.5, 0.6) is 0 Å². The first-order valence-corrected chi connectivity index (χ1v) is 8.65. The number of imidazole rings is 1. The smallest absolute Gasteiger partial charge is 0.160 e. The number of nitrogens with zero attached hydrogens (tertiary/aromatic N) is 5. The van der Waals surface area contributed by atoms with Gasteiger partial charge in [0.15, 0.2) is 11.0 Å². The second kappa shape index (κ2) is 5.99. The minimum Gasteiger partial charge on any atom is -0.299 e. The molecular weight excluding hydrogens is 372 g/mol. The van der Waals surface area contributed by atoms with Crippen molar-refractivity contribution in [2.45, 2.75) is 13.0 Å². The third-order valence-corrected chi connectivity index (χ3v) is 5.02. The zero-order chi connectivity index (χ0) is 18.5. The van der Waals surface area contributed by atoms with Crippen LogP contribution in [-0.2, 0) is 13.0 Å². The second-order valence-corrected chi connectivity index (χ2v) is 6.72. The molecule has 4 aromatic rings.